The molecule has 2 aromatic carbocycles. The number of carbonyl (C=O) groups is 1. The van der Waals surface area contributed by atoms with Crippen molar-refractivity contribution in [1.29, 1.82) is 0 Å². The van der Waals surface area contributed by atoms with Gasteiger partial charge in [-0.3, -0.25) is 9.78 Å². The Balaban J connectivity index is 1.36. The van der Waals surface area contributed by atoms with Crippen molar-refractivity contribution in [2.24, 2.45) is 0 Å². The maximum atomic E-state index is 12.4. The molecule has 0 fully saturated rings. The number of benzene rings is 2. The van der Waals surface area contributed by atoms with Crippen LogP contribution >= 0.6 is 11.8 Å². The minimum Gasteiger partial charge on any atom is -0.355 e. The monoisotopic (exact) mass is 387 g/mol. The number of hydrogen-bond donors (Lipinski definition) is 1. The maximum absolute atomic E-state index is 12.4. The van der Waals surface area contributed by atoms with Gasteiger partial charge < -0.3 is 9.84 Å². The molecule has 2 aromatic heterocycles. The van der Waals surface area contributed by atoms with E-state index in [9.17, 15) is 4.79 Å². The number of nitrogens with zero attached hydrogens (tertiary/aromatic N) is 2. The molecule has 0 aliphatic heterocycles. The third kappa shape index (κ3) is 4.47. The van der Waals surface area contributed by atoms with Crippen molar-refractivity contribution < 1.29 is 9.32 Å². The first-order chi connectivity index (χ1) is 13.8. The second-order valence-corrected chi connectivity index (χ2v) is 7.12. The summed E-state index contributed by atoms with van der Waals surface area (Å²) in [4.78, 5) is 17.6. The molecule has 5 nitrogen and oxygen atoms in total. The molecule has 6 heteroatoms. The Morgan fingerprint density at radius 2 is 1.82 bits per heavy atom. The van der Waals surface area contributed by atoms with E-state index >= 15 is 0 Å². The van der Waals surface area contributed by atoms with E-state index in [1.54, 1.807) is 24.0 Å². The quantitative estimate of drug-likeness (QED) is 0.456. The zero-order chi connectivity index (χ0) is 19.2. The molecule has 0 radical (unpaired) electrons. The lowest BCUT2D eigenvalue weighted by atomic mass is 10.1. The highest BCUT2D eigenvalue weighted by Crippen LogP contribution is 2.24. The van der Waals surface area contributed by atoms with Crippen LogP contribution in [0.25, 0.3) is 11.3 Å². The van der Waals surface area contributed by atoms with Crippen LogP contribution in [0.2, 0.25) is 0 Å². The third-order valence-corrected chi connectivity index (χ3v) is 5.12. The van der Waals surface area contributed by atoms with Gasteiger partial charge in [0, 0.05) is 40.4 Å². The molecule has 4 rings (SSSR count). The van der Waals surface area contributed by atoms with E-state index in [-0.39, 0.29) is 11.6 Å². The summed E-state index contributed by atoms with van der Waals surface area (Å²) in [5.41, 5.74) is 3.00. The Bertz CT molecular complexity index is 1050. The topological polar surface area (TPSA) is 68.0 Å². The summed E-state index contributed by atoms with van der Waals surface area (Å²) >= 11 is 1.72. The fraction of sp³-hybridized carbons (Fsp3) is 0.0455. The Hall–Kier alpha value is -3.38. The zero-order valence-corrected chi connectivity index (χ0v) is 15.7. The van der Waals surface area contributed by atoms with Gasteiger partial charge in [0.25, 0.3) is 5.91 Å². The molecular formula is C22H17N3O2S. The van der Waals surface area contributed by atoms with E-state index in [0.29, 0.717) is 11.4 Å². The Morgan fingerprint density at radius 1 is 1.00 bits per heavy atom. The summed E-state index contributed by atoms with van der Waals surface area (Å²) in [5, 5.41) is 6.72. The third-order valence-electron chi connectivity index (χ3n) is 4.04. The van der Waals surface area contributed by atoms with Crippen LogP contribution < -0.4 is 5.32 Å². The molecule has 1 N–H and O–H groups in total. The summed E-state index contributed by atoms with van der Waals surface area (Å²) in [6.07, 6.45) is 3.63. The van der Waals surface area contributed by atoms with Crippen molar-refractivity contribution in [3.63, 3.8) is 0 Å². The SMILES string of the molecule is O=C(Nc1ccc(SCc2cccnc2)cc1)c1cc(-c2ccccc2)on1. The summed E-state index contributed by atoms with van der Waals surface area (Å²) in [6, 6.07) is 22.9. The second-order valence-electron chi connectivity index (χ2n) is 6.07. The number of hydrogen-bond acceptors (Lipinski definition) is 5. The number of aromatic nitrogens is 2. The van der Waals surface area contributed by atoms with E-state index < -0.39 is 0 Å². The summed E-state index contributed by atoms with van der Waals surface area (Å²) in [6.45, 7) is 0. The molecule has 0 bridgehead atoms. The van der Waals surface area contributed by atoms with Gasteiger partial charge >= 0.3 is 0 Å². The molecule has 138 valence electrons. The average molecular weight is 387 g/mol. The molecule has 0 unspecified atom stereocenters. The molecule has 28 heavy (non-hydrogen) atoms. The minimum absolute atomic E-state index is 0.244. The number of pyridine rings is 1. The first kappa shape index (κ1) is 18.0. The van der Waals surface area contributed by atoms with Crippen LogP contribution in [0.1, 0.15) is 16.1 Å². The highest BCUT2D eigenvalue weighted by atomic mass is 32.2. The van der Waals surface area contributed by atoms with Crippen molar-refractivity contribution >= 4 is 23.4 Å². The predicted octanol–water partition coefficient (Wildman–Crippen LogP) is 5.28. The minimum atomic E-state index is -0.304. The number of rotatable bonds is 6. The van der Waals surface area contributed by atoms with Crippen LogP contribution in [0.5, 0.6) is 0 Å². The van der Waals surface area contributed by atoms with Crippen LogP contribution in [0, 0.1) is 0 Å². The van der Waals surface area contributed by atoms with E-state index in [2.05, 4.69) is 21.5 Å². The first-order valence-electron chi connectivity index (χ1n) is 8.73. The molecule has 2 heterocycles. The molecule has 4 aromatic rings. The molecule has 0 saturated carbocycles. The Kier molecular flexibility index (Phi) is 5.49. The van der Waals surface area contributed by atoms with Crippen LogP contribution in [0.3, 0.4) is 0 Å². The smallest absolute Gasteiger partial charge is 0.277 e. The van der Waals surface area contributed by atoms with Gasteiger partial charge in [0.15, 0.2) is 11.5 Å². The van der Waals surface area contributed by atoms with Crippen LogP contribution in [0.15, 0.2) is 94.6 Å². The normalized spacial score (nSPS) is 10.6. The maximum Gasteiger partial charge on any atom is 0.277 e. The summed E-state index contributed by atoms with van der Waals surface area (Å²) < 4.78 is 5.28. The fourth-order valence-corrected chi connectivity index (χ4v) is 3.43. The largest absolute Gasteiger partial charge is 0.355 e. The number of anilines is 1. The van der Waals surface area contributed by atoms with Gasteiger partial charge in [-0.05, 0) is 35.9 Å². The first-order valence-corrected chi connectivity index (χ1v) is 9.72. The lowest BCUT2D eigenvalue weighted by molar-refractivity contribution is 0.101. The van der Waals surface area contributed by atoms with Crippen LogP contribution in [0.4, 0.5) is 5.69 Å². The number of nitrogens with one attached hydrogen (secondary N) is 1. The van der Waals surface area contributed by atoms with Crippen LogP contribution in [-0.4, -0.2) is 16.0 Å². The second kappa shape index (κ2) is 8.54. The van der Waals surface area contributed by atoms with Crippen LogP contribution in [-0.2, 0) is 5.75 Å². The van der Waals surface area contributed by atoms with Crippen molar-refractivity contribution in [1.82, 2.24) is 10.1 Å². The summed E-state index contributed by atoms with van der Waals surface area (Å²) in [7, 11) is 0. The van der Waals surface area contributed by atoms with Gasteiger partial charge in [-0.2, -0.15) is 0 Å². The van der Waals surface area contributed by atoms with Gasteiger partial charge in [-0.1, -0.05) is 41.6 Å². The highest BCUT2D eigenvalue weighted by molar-refractivity contribution is 7.98. The average Bonchev–Trinajstić information content (AvgIpc) is 3.25. The van der Waals surface area contributed by atoms with Crippen molar-refractivity contribution in [3.8, 4) is 11.3 Å². The fourth-order valence-electron chi connectivity index (χ4n) is 2.60. The Morgan fingerprint density at radius 3 is 2.57 bits per heavy atom. The van der Waals surface area contributed by atoms with Crippen molar-refractivity contribution in [2.75, 3.05) is 5.32 Å². The van der Waals surface area contributed by atoms with Gasteiger partial charge in [-0.15, -0.1) is 11.8 Å². The van der Waals surface area contributed by atoms with Gasteiger partial charge in [0.05, 0.1) is 0 Å². The lowest BCUT2D eigenvalue weighted by Crippen LogP contribution is -2.11. The number of thioether (sulfide) groups is 1. The molecule has 1 amide bonds. The standard InChI is InChI=1S/C22H17N3O2S/c26-22(20-13-21(27-25-20)17-6-2-1-3-7-17)24-18-8-10-19(11-9-18)28-15-16-5-4-12-23-14-16/h1-14H,15H2,(H,24,26). The van der Waals surface area contributed by atoms with E-state index in [0.717, 1.165) is 16.2 Å². The molecule has 0 aliphatic rings. The van der Waals surface area contributed by atoms with Crippen molar-refractivity contribution in [2.45, 2.75) is 10.6 Å². The highest BCUT2D eigenvalue weighted by Gasteiger charge is 2.13. The molecule has 0 saturated heterocycles. The van der Waals surface area contributed by atoms with E-state index in [1.807, 2.05) is 66.9 Å². The Labute approximate surface area is 166 Å². The molecule has 0 spiro atoms. The molecule has 0 aliphatic carbocycles. The summed E-state index contributed by atoms with van der Waals surface area (Å²) in [5.74, 6) is 1.11. The van der Waals surface area contributed by atoms with Gasteiger partial charge in [-0.25, -0.2) is 0 Å². The van der Waals surface area contributed by atoms with Crippen molar-refractivity contribution in [3.05, 3.63) is 96.4 Å². The van der Waals surface area contributed by atoms with Gasteiger partial charge in [0.1, 0.15) is 0 Å². The number of amides is 1. The van der Waals surface area contributed by atoms with E-state index in [4.69, 9.17) is 4.52 Å². The molecular weight excluding hydrogens is 370 g/mol. The molecule has 0 atom stereocenters. The number of carbonyl (C=O) groups excluding carboxylic acids is 1. The lowest BCUT2D eigenvalue weighted by Gasteiger charge is -2.05. The predicted molar refractivity (Wildman–Crippen MR) is 110 cm³/mol. The zero-order valence-electron chi connectivity index (χ0n) is 14.9. The van der Waals surface area contributed by atoms with E-state index in [1.165, 1.54) is 5.56 Å². The van der Waals surface area contributed by atoms with Gasteiger partial charge in [0.2, 0.25) is 0 Å².